The highest BCUT2D eigenvalue weighted by molar-refractivity contribution is 9.10. The van der Waals surface area contributed by atoms with Gasteiger partial charge in [0.1, 0.15) is 5.82 Å². The quantitative estimate of drug-likeness (QED) is 0.885. The van der Waals surface area contributed by atoms with Gasteiger partial charge in [-0.1, -0.05) is 28.0 Å². The molecule has 6 heteroatoms. The number of benzene rings is 1. The number of hydrogen-bond acceptors (Lipinski definition) is 4. The maximum Gasteiger partial charge on any atom is 0.247 e. The van der Waals surface area contributed by atoms with Crippen molar-refractivity contribution in [2.75, 3.05) is 0 Å². The highest BCUT2D eigenvalue weighted by atomic mass is 79.9. The summed E-state index contributed by atoms with van der Waals surface area (Å²) >= 11 is 3.26. The van der Waals surface area contributed by atoms with Gasteiger partial charge >= 0.3 is 0 Å². The summed E-state index contributed by atoms with van der Waals surface area (Å²) in [5.74, 6) is 1.15. The number of rotatable bonds is 2. The molecule has 1 aromatic carbocycles. The van der Waals surface area contributed by atoms with E-state index in [-0.39, 0.29) is 5.82 Å². The van der Waals surface area contributed by atoms with Crippen molar-refractivity contribution in [1.29, 1.82) is 0 Å². The molecule has 0 unspecified atom stereocenters. The molecule has 1 aromatic heterocycles. The van der Waals surface area contributed by atoms with E-state index >= 15 is 0 Å². The fourth-order valence-corrected chi connectivity index (χ4v) is 3.18. The Morgan fingerprint density at radius 1 is 1.33 bits per heavy atom. The second-order valence-corrected chi connectivity index (χ2v) is 6.84. The minimum Gasteiger partial charge on any atom is -0.337 e. The molecule has 1 fully saturated rings. The van der Waals surface area contributed by atoms with Crippen molar-refractivity contribution in [3.63, 3.8) is 0 Å². The molecule has 0 atom stereocenters. The topological polar surface area (TPSA) is 64.9 Å². The second kappa shape index (κ2) is 5.50. The largest absolute Gasteiger partial charge is 0.337 e. The lowest BCUT2D eigenvalue weighted by atomic mass is 9.78. The van der Waals surface area contributed by atoms with E-state index in [1.54, 1.807) is 6.07 Å². The van der Waals surface area contributed by atoms with Gasteiger partial charge in [0.05, 0.1) is 5.54 Å². The van der Waals surface area contributed by atoms with Crippen LogP contribution in [0.3, 0.4) is 0 Å². The van der Waals surface area contributed by atoms with Crippen LogP contribution in [0.25, 0.3) is 11.4 Å². The Morgan fingerprint density at radius 3 is 2.71 bits per heavy atom. The summed E-state index contributed by atoms with van der Waals surface area (Å²) in [6.45, 7) is 2.23. The zero-order valence-corrected chi connectivity index (χ0v) is 13.4. The van der Waals surface area contributed by atoms with Gasteiger partial charge in [0.15, 0.2) is 0 Å². The van der Waals surface area contributed by atoms with Crippen LogP contribution in [0.1, 0.15) is 38.5 Å². The first-order valence-corrected chi connectivity index (χ1v) is 7.85. The summed E-state index contributed by atoms with van der Waals surface area (Å²) in [4.78, 5) is 4.39. The normalized spacial score (nSPS) is 26.0. The third kappa shape index (κ3) is 3.01. The van der Waals surface area contributed by atoms with Gasteiger partial charge in [-0.15, -0.1) is 0 Å². The van der Waals surface area contributed by atoms with Gasteiger partial charge in [0.2, 0.25) is 11.7 Å². The molecule has 1 heterocycles. The summed E-state index contributed by atoms with van der Waals surface area (Å²) in [5.41, 5.74) is 6.43. The van der Waals surface area contributed by atoms with E-state index in [2.05, 4.69) is 33.0 Å². The van der Waals surface area contributed by atoms with E-state index in [0.29, 0.717) is 27.7 Å². The standard InChI is InChI=1S/C15H17BrFN3O/c1-9-2-4-15(18,5-3-9)14-19-13(20-21-14)10-6-11(16)8-12(17)7-10/h6-9H,2-5,18H2,1H3. The molecule has 0 radical (unpaired) electrons. The maximum atomic E-state index is 13.5. The molecule has 0 bridgehead atoms. The van der Waals surface area contributed by atoms with Gasteiger partial charge in [-0.25, -0.2) is 4.39 Å². The smallest absolute Gasteiger partial charge is 0.247 e. The third-order valence-corrected chi connectivity index (χ3v) is 4.60. The van der Waals surface area contributed by atoms with E-state index in [9.17, 15) is 4.39 Å². The SMILES string of the molecule is CC1CCC(N)(c2nc(-c3cc(F)cc(Br)c3)no2)CC1. The Bertz CT molecular complexity index is 630. The van der Waals surface area contributed by atoms with Crippen LogP contribution in [0, 0.1) is 11.7 Å². The Balaban J connectivity index is 1.89. The van der Waals surface area contributed by atoms with Crippen molar-refractivity contribution >= 4 is 15.9 Å². The fraction of sp³-hybridized carbons (Fsp3) is 0.467. The highest BCUT2D eigenvalue weighted by Crippen LogP contribution is 2.37. The number of hydrogen-bond donors (Lipinski definition) is 1. The van der Waals surface area contributed by atoms with E-state index in [1.165, 1.54) is 12.1 Å². The summed E-state index contributed by atoms with van der Waals surface area (Å²) in [6.07, 6.45) is 3.78. The van der Waals surface area contributed by atoms with Crippen LogP contribution in [0.4, 0.5) is 4.39 Å². The molecule has 3 rings (SSSR count). The average molecular weight is 354 g/mol. The molecule has 1 aliphatic rings. The van der Waals surface area contributed by atoms with E-state index < -0.39 is 5.54 Å². The molecule has 2 aromatic rings. The first-order valence-electron chi connectivity index (χ1n) is 7.06. The van der Waals surface area contributed by atoms with Gasteiger partial charge in [0.25, 0.3) is 0 Å². The zero-order chi connectivity index (χ0) is 15.0. The highest BCUT2D eigenvalue weighted by Gasteiger charge is 2.37. The second-order valence-electron chi connectivity index (χ2n) is 5.92. The first-order chi connectivity index (χ1) is 9.96. The number of nitrogens with two attached hydrogens (primary N) is 1. The molecule has 0 amide bonds. The molecular formula is C15H17BrFN3O. The number of halogens is 2. The molecule has 1 saturated carbocycles. The Hall–Kier alpha value is -1.27. The van der Waals surface area contributed by atoms with Gasteiger partial charge in [0, 0.05) is 10.0 Å². The molecule has 0 aliphatic heterocycles. The summed E-state index contributed by atoms with van der Waals surface area (Å²) in [6, 6.07) is 4.52. The molecule has 112 valence electrons. The Morgan fingerprint density at radius 2 is 2.05 bits per heavy atom. The molecule has 2 N–H and O–H groups in total. The van der Waals surface area contributed by atoms with Gasteiger partial charge in [-0.05, 0) is 49.8 Å². The average Bonchev–Trinajstić information content (AvgIpc) is 2.92. The Labute approximate surface area is 131 Å². The van der Waals surface area contributed by atoms with Crippen molar-refractivity contribution in [2.45, 2.75) is 38.1 Å². The minimum atomic E-state index is -0.553. The van der Waals surface area contributed by atoms with Gasteiger partial charge in [-0.2, -0.15) is 4.98 Å². The minimum absolute atomic E-state index is 0.348. The van der Waals surface area contributed by atoms with Crippen molar-refractivity contribution in [3.8, 4) is 11.4 Å². The van der Waals surface area contributed by atoms with Crippen molar-refractivity contribution in [2.24, 2.45) is 11.7 Å². The third-order valence-electron chi connectivity index (χ3n) is 4.14. The maximum absolute atomic E-state index is 13.5. The van der Waals surface area contributed by atoms with Crippen LogP contribution < -0.4 is 5.73 Å². The summed E-state index contributed by atoms with van der Waals surface area (Å²) in [7, 11) is 0. The van der Waals surface area contributed by atoms with E-state index in [1.807, 2.05) is 0 Å². The van der Waals surface area contributed by atoms with Gasteiger partial charge < -0.3 is 10.3 Å². The molecule has 4 nitrogen and oxygen atoms in total. The van der Waals surface area contributed by atoms with Gasteiger partial charge in [-0.3, -0.25) is 0 Å². The van der Waals surface area contributed by atoms with E-state index in [4.69, 9.17) is 10.3 Å². The van der Waals surface area contributed by atoms with Crippen LogP contribution >= 0.6 is 15.9 Å². The molecule has 0 spiro atoms. The number of aromatic nitrogens is 2. The van der Waals surface area contributed by atoms with Crippen LogP contribution in [0.15, 0.2) is 27.2 Å². The first kappa shape index (κ1) is 14.7. The molecule has 1 aliphatic carbocycles. The lowest BCUT2D eigenvalue weighted by molar-refractivity contribution is 0.190. The lowest BCUT2D eigenvalue weighted by Gasteiger charge is -2.32. The van der Waals surface area contributed by atoms with Crippen LogP contribution in [-0.2, 0) is 5.54 Å². The van der Waals surface area contributed by atoms with Crippen molar-refractivity contribution in [1.82, 2.24) is 10.1 Å². The predicted molar refractivity (Wildman–Crippen MR) is 80.9 cm³/mol. The van der Waals surface area contributed by atoms with Crippen LogP contribution in [-0.4, -0.2) is 10.1 Å². The number of nitrogens with zero attached hydrogens (tertiary/aromatic N) is 2. The zero-order valence-electron chi connectivity index (χ0n) is 11.8. The van der Waals surface area contributed by atoms with Crippen LogP contribution in [0.2, 0.25) is 0 Å². The van der Waals surface area contributed by atoms with E-state index in [0.717, 1.165) is 25.7 Å². The lowest BCUT2D eigenvalue weighted by Crippen LogP contribution is -2.40. The van der Waals surface area contributed by atoms with Crippen LogP contribution in [0.5, 0.6) is 0 Å². The summed E-state index contributed by atoms with van der Waals surface area (Å²) in [5, 5.41) is 3.95. The van der Waals surface area contributed by atoms with Crippen molar-refractivity contribution in [3.05, 3.63) is 34.4 Å². The fourth-order valence-electron chi connectivity index (χ4n) is 2.72. The Kier molecular flexibility index (Phi) is 3.84. The summed E-state index contributed by atoms with van der Waals surface area (Å²) < 4.78 is 19.4. The molecule has 0 saturated heterocycles. The van der Waals surface area contributed by atoms with Crippen molar-refractivity contribution < 1.29 is 8.91 Å². The molecular weight excluding hydrogens is 337 g/mol. The predicted octanol–water partition coefficient (Wildman–Crippen LogP) is 4.00. The monoisotopic (exact) mass is 353 g/mol. The molecule has 21 heavy (non-hydrogen) atoms.